The van der Waals surface area contributed by atoms with E-state index in [9.17, 15) is 13.2 Å². The maximum Gasteiger partial charge on any atom is 0.278 e. The van der Waals surface area contributed by atoms with Crippen molar-refractivity contribution in [3.63, 3.8) is 0 Å². The van der Waals surface area contributed by atoms with Gasteiger partial charge in [-0.2, -0.15) is 4.31 Å². The average molecular weight is 367 g/mol. The Kier molecular flexibility index (Phi) is 6.37. The van der Waals surface area contributed by atoms with Crippen LogP contribution in [0.4, 0.5) is 0 Å². The predicted molar refractivity (Wildman–Crippen MR) is 98.0 cm³/mol. The van der Waals surface area contributed by atoms with Gasteiger partial charge in [0.2, 0.25) is 10.0 Å². The van der Waals surface area contributed by atoms with E-state index in [2.05, 4.69) is 11.9 Å². The summed E-state index contributed by atoms with van der Waals surface area (Å²) >= 11 is 0. The molecule has 0 radical (unpaired) electrons. The zero-order valence-corrected chi connectivity index (χ0v) is 16.0. The Labute approximate surface area is 150 Å². The Balaban J connectivity index is 2.05. The van der Waals surface area contributed by atoms with Crippen LogP contribution in [-0.4, -0.2) is 57.4 Å². The van der Waals surface area contributed by atoms with E-state index < -0.39 is 10.0 Å². The topological polar surface area (TPSA) is 70.9 Å². The Hall–Kier alpha value is -1.70. The molecule has 6 nitrogen and oxygen atoms in total. The number of carbonyl (C=O) groups is 1. The molecule has 7 heteroatoms. The molecule has 0 saturated carbocycles. The van der Waals surface area contributed by atoms with Gasteiger partial charge in [0.1, 0.15) is 0 Å². The van der Waals surface area contributed by atoms with Gasteiger partial charge in [0.25, 0.3) is 5.91 Å². The van der Waals surface area contributed by atoms with Crippen LogP contribution >= 0.6 is 0 Å². The summed E-state index contributed by atoms with van der Waals surface area (Å²) in [6.45, 7) is 11.7. The first-order chi connectivity index (χ1) is 11.8. The molecule has 1 aliphatic rings. The van der Waals surface area contributed by atoms with Crippen molar-refractivity contribution in [2.75, 3.05) is 32.7 Å². The summed E-state index contributed by atoms with van der Waals surface area (Å²) in [6, 6.07) is 5.29. The van der Waals surface area contributed by atoms with Crippen molar-refractivity contribution >= 4 is 15.9 Å². The minimum absolute atomic E-state index is 0.0271. The van der Waals surface area contributed by atoms with Gasteiger partial charge >= 0.3 is 0 Å². The molecule has 0 aliphatic carbocycles. The fourth-order valence-electron chi connectivity index (χ4n) is 3.08. The number of amides is 1. The molecule has 1 fully saturated rings. The highest BCUT2D eigenvalue weighted by Gasteiger charge is 2.34. The molecule has 1 aromatic rings. The number of piperazine rings is 1. The molecule has 0 bridgehead atoms. The lowest BCUT2D eigenvalue weighted by molar-refractivity contribution is -0.917. The van der Waals surface area contributed by atoms with Crippen LogP contribution in [0.1, 0.15) is 18.1 Å². The van der Waals surface area contributed by atoms with Gasteiger partial charge in [-0.05, 0) is 38.0 Å². The van der Waals surface area contributed by atoms with Crippen LogP contribution in [0.25, 0.3) is 0 Å². The molecule has 1 amide bonds. The van der Waals surface area contributed by atoms with Gasteiger partial charge in [0.15, 0.2) is 6.04 Å². The highest BCUT2D eigenvalue weighted by molar-refractivity contribution is 7.89. The first-order valence-electron chi connectivity index (χ1n) is 8.58. The second-order valence-electron chi connectivity index (χ2n) is 6.59. The number of hydrogen-bond donors (Lipinski definition) is 2. The van der Waals surface area contributed by atoms with Crippen LogP contribution in [-0.2, 0) is 14.8 Å². The summed E-state index contributed by atoms with van der Waals surface area (Å²) in [4.78, 5) is 13.6. The number of quaternary nitrogens is 1. The highest BCUT2D eigenvalue weighted by Crippen LogP contribution is 2.21. The van der Waals surface area contributed by atoms with Crippen LogP contribution < -0.4 is 10.2 Å². The summed E-state index contributed by atoms with van der Waals surface area (Å²) in [5, 5.41) is 2.80. The summed E-state index contributed by atoms with van der Waals surface area (Å²) in [7, 11) is -3.49. The maximum atomic E-state index is 12.9. The molecular weight excluding hydrogens is 338 g/mol. The van der Waals surface area contributed by atoms with Crippen LogP contribution in [0.2, 0.25) is 0 Å². The van der Waals surface area contributed by atoms with Crippen LogP contribution in [0.15, 0.2) is 35.7 Å². The molecule has 25 heavy (non-hydrogen) atoms. The minimum Gasteiger partial charge on any atom is -0.347 e. The number of nitrogens with zero attached hydrogens (tertiary/aromatic N) is 1. The smallest absolute Gasteiger partial charge is 0.278 e. The first kappa shape index (κ1) is 19.6. The lowest BCUT2D eigenvalue weighted by Gasteiger charge is -2.34. The Morgan fingerprint density at radius 3 is 2.60 bits per heavy atom. The average Bonchev–Trinajstić information content (AvgIpc) is 2.61. The van der Waals surface area contributed by atoms with Crippen molar-refractivity contribution in [3.05, 3.63) is 42.0 Å². The van der Waals surface area contributed by atoms with Crippen molar-refractivity contribution in [2.24, 2.45) is 0 Å². The van der Waals surface area contributed by atoms with E-state index in [4.69, 9.17) is 0 Å². The van der Waals surface area contributed by atoms with Crippen molar-refractivity contribution < 1.29 is 18.1 Å². The summed E-state index contributed by atoms with van der Waals surface area (Å²) in [5.74, 6) is -0.0271. The number of benzene rings is 1. The van der Waals surface area contributed by atoms with Gasteiger partial charge in [-0.25, -0.2) is 8.42 Å². The maximum absolute atomic E-state index is 12.9. The molecule has 1 saturated heterocycles. The van der Waals surface area contributed by atoms with Gasteiger partial charge < -0.3 is 10.2 Å². The van der Waals surface area contributed by atoms with Crippen molar-refractivity contribution in [2.45, 2.75) is 31.7 Å². The fraction of sp³-hybridized carbons (Fsp3) is 0.500. The van der Waals surface area contributed by atoms with E-state index in [1.807, 2.05) is 32.9 Å². The monoisotopic (exact) mass is 366 g/mol. The van der Waals surface area contributed by atoms with Crippen LogP contribution in [0, 0.1) is 13.8 Å². The number of sulfonamides is 1. The molecule has 1 aromatic carbocycles. The van der Waals surface area contributed by atoms with Crippen molar-refractivity contribution in [3.8, 4) is 0 Å². The largest absolute Gasteiger partial charge is 0.347 e. The second kappa shape index (κ2) is 8.12. The lowest BCUT2D eigenvalue weighted by Crippen LogP contribution is -3.19. The normalized spacial score (nSPS) is 17.9. The molecule has 1 aliphatic heterocycles. The summed E-state index contributed by atoms with van der Waals surface area (Å²) in [5.41, 5.74) is 1.69. The molecule has 1 heterocycles. The zero-order valence-electron chi connectivity index (χ0n) is 15.2. The molecule has 1 atom stereocenters. The fourth-order valence-corrected chi connectivity index (χ4v) is 4.83. The molecular formula is C18H28N3O3S+. The van der Waals surface area contributed by atoms with E-state index in [1.165, 1.54) is 4.31 Å². The van der Waals surface area contributed by atoms with Crippen molar-refractivity contribution in [1.82, 2.24) is 9.62 Å². The van der Waals surface area contributed by atoms with E-state index >= 15 is 0 Å². The van der Waals surface area contributed by atoms with Gasteiger partial charge in [0.05, 0.1) is 31.1 Å². The zero-order chi connectivity index (χ0) is 18.6. The van der Waals surface area contributed by atoms with Gasteiger partial charge in [0, 0.05) is 6.54 Å². The molecule has 0 unspecified atom stereocenters. The van der Waals surface area contributed by atoms with E-state index in [0.29, 0.717) is 37.6 Å². The lowest BCUT2D eigenvalue weighted by atomic mass is 10.2. The van der Waals surface area contributed by atoms with Crippen molar-refractivity contribution in [1.29, 1.82) is 0 Å². The standard InChI is InChI=1S/C18H27N3O3S/c1-5-8-19-18(22)16(4)20-9-11-21(12-10-20)25(23,24)17-13-14(2)6-7-15(17)3/h5-7,13,16H,1,8-12H2,2-4H3,(H,19,22)/p+1/t16-/m0/s1. The minimum atomic E-state index is -3.49. The van der Waals surface area contributed by atoms with Gasteiger partial charge in [-0.15, -0.1) is 6.58 Å². The third kappa shape index (κ3) is 4.48. The third-order valence-corrected chi connectivity index (χ3v) is 6.79. The molecule has 2 rings (SSSR count). The Morgan fingerprint density at radius 2 is 2.00 bits per heavy atom. The molecule has 138 valence electrons. The second-order valence-corrected chi connectivity index (χ2v) is 8.49. The Morgan fingerprint density at radius 1 is 1.36 bits per heavy atom. The Bertz CT molecular complexity index is 738. The third-order valence-electron chi connectivity index (χ3n) is 4.75. The number of aryl methyl sites for hydroxylation is 2. The highest BCUT2D eigenvalue weighted by atomic mass is 32.2. The van der Waals surface area contributed by atoms with Crippen LogP contribution in [0.5, 0.6) is 0 Å². The van der Waals surface area contributed by atoms with E-state index in [0.717, 1.165) is 16.0 Å². The van der Waals surface area contributed by atoms with E-state index in [-0.39, 0.29) is 11.9 Å². The van der Waals surface area contributed by atoms with E-state index in [1.54, 1.807) is 12.1 Å². The van der Waals surface area contributed by atoms with Crippen LogP contribution in [0.3, 0.4) is 0 Å². The molecule has 0 spiro atoms. The SMILES string of the molecule is C=CCNC(=O)[C@H](C)[NH+]1CCN(S(=O)(=O)c2cc(C)ccc2C)CC1. The first-order valence-corrected chi connectivity index (χ1v) is 10.0. The summed E-state index contributed by atoms with van der Waals surface area (Å²) in [6.07, 6.45) is 1.65. The number of carbonyl (C=O) groups excluding carboxylic acids is 1. The van der Waals surface area contributed by atoms with Gasteiger partial charge in [-0.1, -0.05) is 18.2 Å². The number of hydrogen-bond acceptors (Lipinski definition) is 3. The number of nitrogens with one attached hydrogen (secondary N) is 2. The molecule has 0 aromatic heterocycles. The molecule has 2 N–H and O–H groups in total. The summed E-state index contributed by atoms with van der Waals surface area (Å²) < 4.78 is 27.4. The predicted octanol–water partition coefficient (Wildman–Crippen LogP) is -0.117. The number of rotatable bonds is 6. The van der Waals surface area contributed by atoms with Gasteiger partial charge in [-0.3, -0.25) is 4.79 Å². The quantitative estimate of drug-likeness (QED) is 0.690.